The fourth-order valence-corrected chi connectivity index (χ4v) is 2.78. The number of thiocarbonyl (C=S) groups is 1. The Morgan fingerprint density at radius 1 is 1.36 bits per heavy atom. The molecule has 0 aliphatic carbocycles. The van der Waals surface area contributed by atoms with E-state index in [0.717, 1.165) is 16.1 Å². The van der Waals surface area contributed by atoms with Crippen LogP contribution in [0.1, 0.15) is 23.1 Å². The largest absolute Gasteiger partial charge is 0.375 e. The Morgan fingerprint density at radius 3 is 2.72 bits per heavy atom. The van der Waals surface area contributed by atoms with Gasteiger partial charge >= 0.3 is 0 Å². The van der Waals surface area contributed by atoms with E-state index in [0.29, 0.717) is 10.8 Å². The first-order valence-electron chi connectivity index (χ1n) is 7.32. The highest BCUT2D eigenvalue weighted by Crippen LogP contribution is 2.23. The van der Waals surface area contributed by atoms with Gasteiger partial charge in [0, 0.05) is 6.92 Å². The van der Waals surface area contributed by atoms with E-state index in [4.69, 9.17) is 18.0 Å². The molecule has 9 heteroatoms. The van der Waals surface area contributed by atoms with Crippen molar-refractivity contribution in [1.29, 1.82) is 0 Å². The third-order valence-corrected chi connectivity index (χ3v) is 4.08. The smallest absolute Gasteiger partial charge is 0.235 e. The third-order valence-electron chi connectivity index (χ3n) is 2.89. The molecule has 0 aliphatic rings. The summed E-state index contributed by atoms with van der Waals surface area (Å²) < 4.78 is 0. The van der Waals surface area contributed by atoms with Crippen molar-refractivity contribution in [3.05, 3.63) is 52.5 Å². The highest BCUT2D eigenvalue weighted by Gasteiger charge is 2.12. The van der Waals surface area contributed by atoms with Crippen LogP contribution in [0.25, 0.3) is 6.08 Å². The molecular weight excluding hydrogens is 356 g/mol. The summed E-state index contributed by atoms with van der Waals surface area (Å²) in [5, 5.41) is 4.87. The second-order valence-electron chi connectivity index (χ2n) is 4.96. The van der Waals surface area contributed by atoms with E-state index in [1.54, 1.807) is 0 Å². The van der Waals surface area contributed by atoms with E-state index >= 15 is 0 Å². The van der Waals surface area contributed by atoms with E-state index in [1.165, 1.54) is 18.3 Å². The van der Waals surface area contributed by atoms with Crippen molar-refractivity contribution < 1.29 is 4.79 Å². The van der Waals surface area contributed by atoms with Crippen LogP contribution in [0.5, 0.6) is 0 Å². The highest BCUT2D eigenvalue weighted by atomic mass is 32.1. The molecule has 0 saturated carbocycles. The molecule has 0 unspecified atom stereocenters. The molecule has 25 heavy (non-hydrogen) atoms. The Balaban J connectivity index is 2.29. The minimum atomic E-state index is -0.206. The summed E-state index contributed by atoms with van der Waals surface area (Å²) in [4.78, 5) is 16.2. The van der Waals surface area contributed by atoms with E-state index < -0.39 is 0 Å². The van der Waals surface area contributed by atoms with E-state index in [1.807, 2.05) is 49.4 Å². The number of rotatable bonds is 6. The lowest BCUT2D eigenvalue weighted by Gasteiger charge is -2.02. The summed E-state index contributed by atoms with van der Waals surface area (Å²) in [5.74, 6) is -0.206. The second-order valence-corrected chi connectivity index (χ2v) is 6.40. The number of amides is 1. The number of carbonyl (C=O) groups is 1. The molecule has 2 rings (SSSR count). The molecule has 2 aromatic rings. The molecule has 1 aromatic carbocycles. The van der Waals surface area contributed by atoms with Crippen LogP contribution in [0.15, 0.2) is 41.5 Å². The number of aryl methyl sites for hydroxylation is 1. The summed E-state index contributed by atoms with van der Waals surface area (Å²) in [7, 11) is 0. The van der Waals surface area contributed by atoms with Crippen molar-refractivity contribution >= 4 is 51.5 Å². The standard InChI is InChI=1S/C16H18N6OS2/c1-10-14(25-16(18-10)22-19-11(2)23)13(20-21-15(17)24)9-8-12-6-4-3-5-7-12/h3-9H,1-2H3,(H,18,22)(H,19,23)(H3,17,21,24). The summed E-state index contributed by atoms with van der Waals surface area (Å²) >= 11 is 6.17. The average Bonchev–Trinajstić information content (AvgIpc) is 2.94. The van der Waals surface area contributed by atoms with Crippen LogP contribution in [0, 0.1) is 6.92 Å². The number of anilines is 1. The number of hydrogen-bond acceptors (Lipinski definition) is 6. The zero-order chi connectivity index (χ0) is 18.2. The summed E-state index contributed by atoms with van der Waals surface area (Å²) in [5.41, 5.74) is 15.7. The van der Waals surface area contributed by atoms with Gasteiger partial charge in [-0.1, -0.05) is 47.7 Å². The molecular formula is C16H18N6OS2. The molecule has 0 saturated heterocycles. The first-order chi connectivity index (χ1) is 12.0. The number of hydrogen-bond donors (Lipinski definition) is 4. The van der Waals surface area contributed by atoms with Crippen molar-refractivity contribution in [3.63, 3.8) is 0 Å². The molecule has 0 aliphatic heterocycles. The zero-order valence-corrected chi connectivity index (χ0v) is 15.4. The lowest BCUT2D eigenvalue weighted by Crippen LogP contribution is -2.26. The van der Waals surface area contributed by atoms with E-state index in [9.17, 15) is 4.79 Å². The van der Waals surface area contributed by atoms with Gasteiger partial charge in [-0.15, -0.1) is 0 Å². The maximum atomic E-state index is 11.0. The molecule has 0 atom stereocenters. The van der Waals surface area contributed by atoms with Gasteiger partial charge in [0.05, 0.1) is 10.6 Å². The maximum absolute atomic E-state index is 11.0. The number of thiazole rings is 1. The molecule has 0 bridgehead atoms. The second kappa shape index (κ2) is 8.90. The Hall–Kier alpha value is -2.78. The normalized spacial score (nSPS) is 11.4. The lowest BCUT2D eigenvalue weighted by atomic mass is 10.1. The van der Waals surface area contributed by atoms with Crippen LogP contribution in [-0.4, -0.2) is 21.7 Å². The number of aromatic nitrogens is 1. The van der Waals surface area contributed by atoms with Crippen LogP contribution in [-0.2, 0) is 4.79 Å². The van der Waals surface area contributed by atoms with Crippen molar-refractivity contribution in [2.24, 2.45) is 10.8 Å². The van der Waals surface area contributed by atoms with Gasteiger partial charge in [-0.05, 0) is 30.8 Å². The highest BCUT2D eigenvalue weighted by molar-refractivity contribution is 7.80. The topological polar surface area (TPSA) is 104 Å². The van der Waals surface area contributed by atoms with Gasteiger partial charge in [-0.25, -0.2) is 4.98 Å². The lowest BCUT2D eigenvalue weighted by molar-refractivity contribution is -0.118. The van der Waals surface area contributed by atoms with Crippen molar-refractivity contribution in [2.75, 3.05) is 5.43 Å². The average molecular weight is 374 g/mol. The van der Waals surface area contributed by atoms with Crippen LogP contribution < -0.4 is 22.0 Å². The molecule has 0 fully saturated rings. The molecule has 7 nitrogen and oxygen atoms in total. The number of nitrogens with one attached hydrogen (secondary N) is 3. The van der Waals surface area contributed by atoms with Gasteiger partial charge in [-0.3, -0.25) is 21.1 Å². The molecule has 0 radical (unpaired) electrons. The number of hydrazone groups is 1. The first-order valence-corrected chi connectivity index (χ1v) is 8.55. The Kier molecular flexibility index (Phi) is 6.61. The number of carbonyl (C=O) groups excluding carboxylic acids is 1. The Bertz CT molecular complexity index is 813. The van der Waals surface area contributed by atoms with E-state index in [2.05, 4.69) is 26.4 Å². The fraction of sp³-hybridized carbons (Fsp3) is 0.125. The van der Waals surface area contributed by atoms with Gasteiger partial charge in [0.2, 0.25) is 11.0 Å². The zero-order valence-electron chi connectivity index (χ0n) is 13.7. The SMILES string of the molecule is CC(=O)NNc1nc(C)c(C(C=Cc2ccccc2)=NNC(N)=S)s1. The molecule has 0 spiro atoms. The maximum Gasteiger partial charge on any atom is 0.235 e. The number of hydrazine groups is 1. The summed E-state index contributed by atoms with van der Waals surface area (Å²) in [6.45, 7) is 3.27. The molecule has 130 valence electrons. The summed E-state index contributed by atoms with van der Waals surface area (Å²) in [6.07, 6.45) is 3.78. The molecule has 1 aromatic heterocycles. The predicted molar refractivity (Wildman–Crippen MR) is 106 cm³/mol. The van der Waals surface area contributed by atoms with E-state index in [-0.39, 0.29) is 11.0 Å². The van der Waals surface area contributed by atoms with Crippen LogP contribution in [0.2, 0.25) is 0 Å². The van der Waals surface area contributed by atoms with Gasteiger partial charge in [0.1, 0.15) is 5.71 Å². The number of allylic oxidation sites excluding steroid dienone is 1. The minimum absolute atomic E-state index is 0.0735. The number of nitrogens with zero attached hydrogens (tertiary/aromatic N) is 2. The first kappa shape index (κ1) is 18.6. The molecule has 5 N–H and O–H groups in total. The Morgan fingerprint density at radius 2 is 2.08 bits per heavy atom. The Labute approximate surface area is 155 Å². The van der Waals surface area contributed by atoms with Crippen LogP contribution >= 0.6 is 23.6 Å². The quantitative estimate of drug-likeness (QED) is 0.351. The monoisotopic (exact) mass is 374 g/mol. The molecule has 1 amide bonds. The van der Waals surface area contributed by atoms with Crippen LogP contribution in [0.4, 0.5) is 5.13 Å². The van der Waals surface area contributed by atoms with Gasteiger partial charge in [0.15, 0.2) is 5.11 Å². The minimum Gasteiger partial charge on any atom is -0.375 e. The van der Waals surface area contributed by atoms with Gasteiger partial charge in [-0.2, -0.15) is 5.10 Å². The molecule has 1 heterocycles. The summed E-state index contributed by atoms with van der Waals surface area (Å²) in [6, 6.07) is 9.83. The van der Waals surface area contributed by atoms with Crippen molar-refractivity contribution in [3.8, 4) is 0 Å². The third kappa shape index (κ3) is 5.98. The van der Waals surface area contributed by atoms with Gasteiger partial charge < -0.3 is 5.73 Å². The number of benzene rings is 1. The number of nitrogens with two attached hydrogens (primary N) is 1. The fourth-order valence-electron chi connectivity index (χ4n) is 1.85. The van der Waals surface area contributed by atoms with Crippen molar-refractivity contribution in [2.45, 2.75) is 13.8 Å². The predicted octanol–water partition coefficient (Wildman–Crippen LogP) is 2.17. The van der Waals surface area contributed by atoms with Crippen molar-refractivity contribution in [1.82, 2.24) is 15.8 Å². The van der Waals surface area contributed by atoms with Gasteiger partial charge in [0.25, 0.3) is 0 Å². The van der Waals surface area contributed by atoms with Crippen LogP contribution in [0.3, 0.4) is 0 Å².